The van der Waals surface area contributed by atoms with Crippen molar-refractivity contribution in [3.8, 4) is 0 Å². The SMILES string of the molecule is CC(CO)NC(=O)c1ccc(Cl)nn1. The van der Waals surface area contributed by atoms with E-state index in [2.05, 4.69) is 15.5 Å². The summed E-state index contributed by atoms with van der Waals surface area (Å²) in [6.45, 7) is 1.56. The summed E-state index contributed by atoms with van der Waals surface area (Å²) in [6.07, 6.45) is 0. The van der Waals surface area contributed by atoms with Gasteiger partial charge in [0.25, 0.3) is 5.91 Å². The fourth-order valence-electron chi connectivity index (χ4n) is 0.780. The van der Waals surface area contributed by atoms with Crippen LogP contribution in [0.25, 0.3) is 0 Å². The summed E-state index contributed by atoms with van der Waals surface area (Å²) in [6, 6.07) is 2.64. The highest BCUT2D eigenvalue weighted by Gasteiger charge is 2.10. The molecule has 0 spiro atoms. The second kappa shape index (κ2) is 4.88. The number of aliphatic hydroxyl groups excluding tert-OH is 1. The Morgan fingerprint density at radius 1 is 1.64 bits per heavy atom. The molecule has 76 valence electrons. The van der Waals surface area contributed by atoms with Gasteiger partial charge in [-0.2, -0.15) is 0 Å². The molecule has 0 saturated carbocycles. The third kappa shape index (κ3) is 2.93. The Bertz CT molecular complexity index is 315. The van der Waals surface area contributed by atoms with Gasteiger partial charge in [-0.25, -0.2) is 0 Å². The van der Waals surface area contributed by atoms with Gasteiger partial charge in [0.05, 0.1) is 6.61 Å². The number of nitrogens with one attached hydrogen (secondary N) is 1. The van der Waals surface area contributed by atoms with Crippen molar-refractivity contribution in [2.24, 2.45) is 0 Å². The lowest BCUT2D eigenvalue weighted by Crippen LogP contribution is -2.35. The molecule has 6 heteroatoms. The standard InChI is InChI=1S/C8H10ClN3O2/c1-5(4-13)10-8(14)6-2-3-7(9)12-11-6/h2-3,5,13H,4H2,1H3,(H,10,14). The third-order valence-electron chi connectivity index (χ3n) is 1.52. The van der Waals surface area contributed by atoms with Crippen LogP contribution in [0.2, 0.25) is 5.15 Å². The van der Waals surface area contributed by atoms with Gasteiger partial charge in [0.2, 0.25) is 0 Å². The molecular weight excluding hydrogens is 206 g/mol. The molecule has 0 aliphatic rings. The van der Waals surface area contributed by atoms with E-state index >= 15 is 0 Å². The van der Waals surface area contributed by atoms with Gasteiger partial charge in [-0.15, -0.1) is 10.2 Å². The van der Waals surface area contributed by atoms with Crippen LogP contribution in [-0.4, -0.2) is 33.9 Å². The highest BCUT2D eigenvalue weighted by atomic mass is 35.5. The second-order valence-electron chi connectivity index (χ2n) is 2.80. The summed E-state index contributed by atoms with van der Waals surface area (Å²) in [5.74, 6) is -0.379. The average molecular weight is 216 g/mol. The normalized spacial score (nSPS) is 12.2. The van der Waals surface area contributed by atoms with Gasteiger partial charge >= 0.3 is 0 Å². The Hall–Kier alpha value is -1.20. The molecule has 1 aromatic rings. The molecule has 2 N–H and O–H groups in total. The van der Waals surface area contributed by atoms with Crippen molar-refractivity contribution in [3.63, 3.8) is 0 Å². The number of aliphatic hydroxyl groups is 1. The van der Waals surface area contributed by atoms with Crippen LogP contribution < -0.4 is 5.32 Å². The third-order valence-corrected chi connectivity index (χ3v) is 1.72. The zero-order chi connectivity index (χ0) is 10.6. The number of halogens is 1. The quantitative estimate of drug-likeness (QED) is 0.758. The fraction of sp³-hybridized carbons (Fsp3) is 0.375. The van der Waals surface area contributed by atoms with E-state index in [-0.39, 0.29) is 29.4 Å². The van der Waals surface area contributed by atoms with Gasteiger partial charge in [-0.3, -0.25) is 4.79 Å². The molecule has 1 aromatic heterocycles. The molecular formula is C8H10ClN3O2. The maximum atomic E-state index is 11.4. The van der Waals surface area contributed by atoms with E-state index in [1.165, 1.54) is 12.1 Å². The minimum Gasteiger partial charge on any atom is -0.394 e. The molecule has 0 saturated heterocycles. The van der Waals surface area contributed by atoms with Crippen LogP contribution in [0.5, 0.6) is 0 Å². The average Bonchev–Trinajstić information content (AvgIpc) is 2.18. The summed E-state index contributed by atoms with van der Waals surface area (Å²) in [5.41, 5.74) is 0.176. The zero-order valence-corrected chi connectivity index (χ0v) is 8.32. The van der Waals surface area contributed by atoms with Crippen LogP contribution >= 0.6 is 11.6 Å². The summed E-state index contributed by atoms with van der Waals surface area (Å²) < 4.78 is 0. The largest absolute Gasteiger partial charge is 0.394 e. The molecule has 5 nitrogen and oxygen atoms in total. The maximum Gasteiger partial charge on any atom is 0.272 e. The number of carbonyl (C=O) groups is 1. The Balaban J connectivity index is 2.65. The Kier molecular flexibility index (Phi) is 3.79. The smallest absolute Gasteiger partial charge is 0.272 e. The number of hydrogen-bond donors (Lipinski definition) is 2. The summed E-state index contributed by atoms with van der Waals surface area (Å²) in [7, 11) is 0. The Morgan fingerprint density at radius 2 is 2.36 bits per heavy atom. The molecule has 0 bridgehead atoms. The van der Waals surface area contributed by atoms with Gasteiger partial charge in [0, 0.05) is 6.04 Å². The fourth-order valence-corrected chi connectivity index (χ4v) is 0.881. The number of aromatic nitrogens is 2. The van der Waals surface area contributed by atoms with Crippen LogP contribution in [-0.2, 0) is 0 Å². The molecule has 14 heavy (non-hydrogen) atoms. The van der Waals surface area contributed by atoms with E-state index in [4.69, 9.17) is 16.7 Å². The molecule has 0 fully saturated rings. The highest BCUT2D eigenvalue weighted by molar-refractivity contribution is 6.29. The number of rotatable bonds is 3. The van der Waals surface area contributed by atoms with Crippen molar-refractivity contribution in [3.05, 3.63) is 23.0 Å². The monoisotopic (exact) mass is 215 g/mol. The first kappa shape index (κ1) is 10.9. The minimum absolute atomic E-state index is 0.118. The van der Waals surface area contributed by atoms with Crippen LogP contribution in [0.3, 0.4) is 0 Å². The summed E-state index contributed by atoms with van der Waals surface area (Å²) in [5, 5.41) is 18.6. The lowest BCUT2D eigenvalue weighted by Gasteiger charge is -2.09. The number of hydrogen-bond acceptors (Lipinski definition) is 4. The van der Waals surface area contributed by atoms with E-state index in [1.807, 2.05) is 0 Å². The van der Waals surface area contributed by atoms with Gasteiger partial charge in [0.15, 0.2) is 10.8 Å². The number of amides is 1. The first-order chi connectivity index (χ1) is 6.63. The lowest BCUT2D eigenvalue weighted by molar-refractivity contribution is 0.0916. The number of carbonyl (C=O) groups excluding carboxylic acids is 1. The van der Waals surface area contributed by atoms with Crippen LogP contribution in [0.4, 0.5) is 0 Å². The topological polar surface area (TPSA) is 75.1 Å². The molecule has 1 rings (SSSR count). The van der Waals surface area contributed by atoms with Gasteiger partial charge in [0.1, 0.15) is 0 Å². The van der Waals surface area contributed by atoms with Gasteiger partial charge in [-0.05, 0) is 19.1 Å². The molecule has 0 aliphatic carbocycles. The van der Waals surface area contributed by atoms with Crippen molar-refractivity contribution >= 4 is 17.5 Å². The van der Waals surface area contributed by atoms with E-state index in [1.54, 1.807) is 6.92 Å². The molecule has 0 aromatic carbocycles. The molecule has 1 unspecified atom stereocenters. The molecule has 0 aliphatic heterocycles. The van der Waals surface area contributed by atoms with E-state index < -0.39 is 0 Å². The van der Waals surface area contributed by atoms with Crippen molar-refractivity contribution < 1.29 is 9.90 Å². The molecule has 1 amide bonds. The zero-order valence-electron chi connectivity index (χ0n) is 7.57. The van der Waals surface area contributed by atoms with Crippen molar-refractivity contribution in [2.75, 3.05) is 6.61 Å². The Labute approximate surface area is 86.1 Å². The lowest BCUT2D eigenvalue weighted by atomic mass is 10.3. The van der Waals surface area contributed by atoms with Crippen LogP contribution in [0, 0.1) is 0 Å². The molecule has 1 atom stereocenters. The van der Waals surface area contributed by atoms with Gasteiger partial charge in [-0.1, -0.05) is 11.6 Å². The first-order valence-corrected chi connectivity index (χ1v) is 4.42. The second-order valence-corrected chi connectivity index (χ2v) is 3.19. The predicted octanol–water partition coefficient (Wildman–Crippen LogP) is 0.241. The van der Waals surface area contributed by atoms with Gasteiger partial charge < -0.3 is 10.4 Å². The minimum atomic E-state index is -0.379. The van der Waals surface area contributed by atoms with E-state index in [9.17, 15) is 4.79 Å². The summed E-state index contributed by atoms with van der Waals surface area (Å²) >= 11 is 5.50. The predicted molar refractivity (Wildman–Crippen MR) is 51.1 cm³/mol. The first-order valence-electron chi connectivity index (χ1n) is 4.04. The maximum absolute atomic E-state index is 11.4. The van der Waals surface area contributed by atoms with Crippen molar-refractivity contribution in [2.45, 2.75) is 13.0 Å². The van der Waals surface area contributed by atoms with Crippen molar-refractivity contribution in [1.82, 2.24) is 15.5 Å². The molecule has 1 heterocycles. The Morgan fingerprint density at radius 3 is 2.86 bits per heavy atom. The van der Waals surface area contributed by atoms with Crippen LogP contribution in [0.1, 0.15) is 17.4 Å². The van der Waals surface area contributed by atoms with Crippen molar-refractivity contribution in [1.29, 1.82) is 0 Å². The van der Waals surface area contributed by atoms with Crippen LogP contribution in [0.15, 0.2) is 12.1 Å². The molecule has 0 radical (unpaired) electrons. The summed E-state index contributed by atoms with van der Waals surface area (Å²) in [4.78, 5) is 11.4. The van der Waals surface area contributed by atoms with E-state index in [0.29, 0.717) is 0 Å². The highest BCUT2D eigenvalue weighted by Crippen LogP contribution is 2.02. The van der Waals surface area contributed by atoms with E-state index in [0.717, 1.165) is 0 Å². The number of nitrogens with zero attached hydrogens (tertiary/aromatic N) is 2.